The fourth-order valence-corrected chi connectivity index (χ4v) is 4.21. The Labute approximate surface area is 167 Å². The van der Waals surface area contributed by atoms with Gasteiger partial charge in [-0.05, 0) is 55.1 Å². The molecule has 5 nitrogen and oxygen atoms in total. The number of carbonyl (C=O) groups is 2. The van der Waals surface area contributed by atoms with Crippen LogP contribution < -0.4 is 16.0 Å². The first-order valence-electron chi connectivity index (χ1n) is 8.28. The number of benzene rings is 1. The van der Waals surface area contributed by atoms with Crippen molar-refractivity contribution in [2.45, 2.75) is 23.1 Å². The zero-order chi connectivity index (χ0) is 17.5. The van der Waals surface area contributed by atoms with E-state index in [0.29, 0.717) is 17.0 Å². The van der Waals surface area contributed by atoms with Crippen LogP contribution >= 0.6 is 35.5 Å². The van der Waals surface area contributed by atoms with Crippen LogP contribution in [0.1, 0.15) is 23.2 Å². The molecule has 0 bridgehead atoms. The quantitative estimate of drug-likeness (QED) is 0.637. The van der Waals surface area contributed by atoms with E-state index in [2.05, 4.69) is 16.0 Å². The van der Waals surface area contributed by atoms with Crippen LogP contribution in [0.25, 0.3) is 0 Å². The number of anilines is 1. The molecule has 140 valence electrons. The maximum Gasteiger partial charge on any atom is 0.251 e. The highest BCUT2D eigenvalue weighted by Crippen LogP contribution is 2.23. The van der Waals surface area contributed by atoms with Crippen LogP contribution in [0.3, 0.4) is 0 Å². The molecule has 0 radical (unpaired) electrons. The Balaban J connectivity index is 0.00000243. The molecule has 3 N–H and O–H groups in total. The number of thiophene rings is 1. The van der Waals surface area contributed by atoms with Crippen molar-refractivity contribution in [3.63, 3.8) is 0 Å². The number of carbonyl (C=O) groups excluding carboxylic acids is 2. The van der Waals surface area contributed by atoms with Gasteiger partial charge in [0, 0.05) is 23.8 Å². The molecular formula is C18H22ClN3O2S2. The molecule has 26 heavy (non-hydrogen) atoms. The van der Waals surface area contributed by atoms with E-state index in [-0.39, 0.29) is 30.3 Å². The average molecular weight is 412 g/mol. The lowest BCUT2D eigenvalue weighted by Gasteiger charge is -2.23. The van der Waals surface area contributed by atoms with Gasteiger partial charge >= 0.3 is 0 Å². The van der Waals surface area contributed by atoms with Crippen molar-refractivity contribution in [3.8, 4) is 0 Å². The van der Waals surface area contributed by atoms with Crippen LogP contribution in [0.5, 0.6) is 0 Å². The van der Waals surface area contributed by atoms with Crippen molar-refractivity contribution in [2.75, 3.05) is 24.2 Å². The van der Waals surface area contributed by atoms with Gasteiger partial charge in [0.1, 0.15) is 0 Å². The molecule has 2 amide bonds. The number of thioether (sulfide) groups is 1. The standard InChI is InChI=1S/C18H21N3O2S2.ClH/c22-16(12-25-17-4-2-10-24-17)20-14-7-5-13(6-8-14)18(23)21-15-3-1-9-19-11-15;/h2,4-8,10,15,19H,1,3,9,11-12H2,(H,20,22)(H,21,23);1H. The molecule has 8 heteroatoms. The fraction of sp³-hybridized carbons (Fsp3) is 0.333. The van der Waals surface area contributed by atoms with E-state index in [4.69, 9.17) is 0 Å². The number of nitrogens with one attached hydrogen (secondary N) is 3. The van der Waals surface area contributed by atoms with Crippen molar-refractivity contribution in [2.24, 2.45) is 0 Å². The lowest BCUT2D eigenvalue weighted by molar-refractivity contribution is -0.113. The van der Waals surface area contributed by atoms with Crippen molar-refractivity contribution in [1.29, 1.82) is 0 Å². The summed E-state index contributed by atoms with van der Waals surface area (Å²) in [4.78, 5) is 24.2. The lowest BCUT2D eigenvalue weighted by Crippen LogP contribution is -2.45. The summed E-state index contributed by atoms with van der Waals surface area (Å²) < 4.78 is 1.12. The lowest BCUT2D eigenvalue weighted by atomic mass is 10.1. The third kappa shape index (κ3) is 6.32. The Morgan fingerprint density at radius 2 is 2.04 bits per heavy atom. The minimum Gasteiger partial charge on any atom is -0.348 e. The molecule has 3 rings (SSSR count). The Morgan fingerprint density at radius 1 is 1.23 bits per heavy atom. The first-order chi connectivity index (χ1) is 12.2. The summed E-state index contributed by atoms with van der Waals surface area (Å²) in [7, 11) is 0. The number of rotatable bonds is 6. The zero-order valence-electron chi connectivity index (χ0n) is 14.2. The number of hydrogen-bond donors (Lipinski definition) is 3. The highest BCUT2D eigenvalue weighted by Gasteiger charge is 2.16. The number of piperidine rings is 1. The molecule has 0 aliphatic carbocycles. The highest BCUT2D eigenvalue weighted by molar-refractivity contribution is 8.01. The molecule has 1 aliphatic heterocycles. The first kappa shape index (κ1) is 20.8. The molecule has 1 atom stereocenters. The largest absolute Gasteiger partial charge is 0.348 e. The number of halogens is 1. The molecule has 0 spiro atoms. The van der Waals surface area contributed by atoms with Crippen LogP contribution in [0.15, 0.2) is 46.0 Å². The smallest absolute Gasteiger partial charge is 0.251 e. The summed E-state index contributed by atoms with van der Waals surface area (Å²) in [5.41, 5.74) is 1.31. The first-order valence-corrected chi connectivity index (χ1v) is 10.1. The molecule has 1 aromatic carbocycles. The Hall–Kier alpha value is -1.54. The normalized spacial score (nSPS) is 16.4. The zero-order valence-corrected chi connectivity index (χ0v) is 16.6. The predicted molar refractivity (Wildman–Crippen MR) is 111 cm³/mol. The highest BCUT2D eigenvalue weighted by atomic mass is 35.5. The van der Waals surface area contributed by atoms with Crippen molar-refractivity contribution >= 4 is 53.0 Å². The van der Waals surface area contributed by atoms with Gasteiger partial charge in [-0.25, -0.2) is 0 Å². The predicted octanol–water partition coefficient (Wildman–Crippen LogP) is 3.38. The van der Waals surface area contributed by atoms with Crippen LogP contribution in [0.4, 0.5) is 5.69 Å². The minimum atomic E-state index is -0.0696. The summed E-state index contributed by atoms with van der Waals surface area (Å²) in [5, 5.41) is 11.2. The van der Waals surface area contributed by atoms with Gasteiger partial charge in [0.05, 0.1) is 9.96 Å². The van der Waals surface area contributed by atoms with Crippen molar-refractivity contribution in [1.82, 2.24) is 10.6 Å². The monoisotopic (exact) mass is 411 g/mol. The van der Waals surface area contributed by atoms with Crippen molar-refractivity contribution in [3.05, 3.63) is 47.3 Å². The fourth-order valence-electron chi connectivity index (χ4n) is 2.63. The Morgan fingerprint density at radius 3 is 2.69 bits per heavy atom. The summed E-state index contributed by atoms with van der Waals surface area (Å²) in [5.74, 6) is 0.251. The van der Waals surface area contributed by atoms with E-state index >= 15 is 0 Å². The van der Waals surface area contributed by atoms with E-state index in [9.17, 15) is 9.59 Å². The van der Waals surface area contributed by atoms with E-state index in [1.54, 1.807) is 35.6 Å². The average Bonchev–Trinajstić information content (AvgIpc) is 3.15. The van der Waals surface area contributed by atoms with E-state index < -0.39 is 0 Å². The van der Waals surface area contributed by atoms with Gasteiger partial charge in [-0.2, -0.15) is 0 Å². The Bertz CT molecular complexity index is 702. The molecule has 0 saturated carbocycles. The summed E-state index contributed by atoms with van der Waals surface area (Å²) in [6.45, 7) is 1.84. The van der Waals surface area contributed by atoms with Crippen LogP contribution in [-0.2, 0) is 4.79 Å². The van der Waals surface area contributed by atoms with Gasteiger partial charge in [-0.3, -0.25) is 9.59 Å². The van der Waals surface area contributed by atoms with Crippen LogP contribution in [0.2, 0.25) is 0 Å². The summed E-state index contributed by atoms with van der Waals surface area (Å²) in [6, 6.07) is 11.2. The van der Waals surface area contributed by atoms with Gasteiger partial charge in [0.2, 0.25) is 5.91 Å². The molecule has 2 heterocycles. The van der Waals surface area contributed by atoms with E-state index in [0.717, 1.165) is 30.1 Å². The van der Waals surface area contributed by atoms with Crippen molar-refractivity contribution < 1.29 is 9.59 Å². The van der Waals surface area contributed by atoms with Crippen LogP contribution in [0, 0.1) is 0 Å². The Kier molecular flexibility index (Phi) is 8.44. The molecule has 1 unspecified atom stereocenters. The molecule has 1 aromatic heterocycles. The molecule has 2 aromatic rings. The second kappa shape index (κ2) is 10.6. The number of amides is 2. The van der Waals surface area contributed by atoms with Crippen LogP contribution in [-0.4, -0.2) is 36.7 Å². The van der Waals surface area contributed by atoms with E-state index in [1.807, 2.05) is 17.5 Å². The minimum absolute atomic E-state index is 0. The molecular weight excluding hydrogens is 390 g/mol. The van der Waals surface area contributed by atoms with Gasteiger partial charge in [-0.1, -0.05) is 6.07 Å². The maximum atomic E-state index is 12.3. The number of hydrogen-bond acceptors (Lipinski definition) is 5. The van der Waals surface area contributed by atoms with E-state index in [1.165, 1.54) is 11.8 Å². The topological polar surface area (TPSA) is 70.2 Å². The summed E-state index contributed by atoms with van der Waals surface area (Å²) >= 11 is 3.14. The third-order valence-corrected chi connectivity index (χ3v) is 6.03. The maximum absolute atomic E-state index is 12.3. The van der Waals surface area contributed by atoms with Gasteiger partial charge in [-0.15, -0.1) is 35.5 Å². The van der Waals surface area contributed by atoms with Gasteiger partial charge < -0.3 is 16.0 Å². The molecule has 1 aliphatic rings. The molecule has 1 fully saturated rings. The molecule has 1 saturated heterocycles. The SMILES string of the molecule is Cl.O=C(CSc1cccs1)Nc1ccc(C(=O)NC2CCCNC2)cc1. The second-order valence-electron chi connectivity index (χ2n) is 5.86. The van der Waals surface area contributed by atoms with Gasteiger partial charge in [0.25, 0.3) is 5.91 Å². The van der Waals surface area contributed by atoms with Gasteiger partial charge in [0.15, 0.2) is 0 Å². The second-order valence-corrected chi connectivity index (χ2v) is 8.09. The third-order valence-electron chi connectivity index (χ3n) is 3.90. The summed E-state index contributed by atoms with van der Waals surface area (Å²) in [6.07, 6.45) is 2.09.